The molecule has 0 fully saturated rings. The van der Waals surface area contributed by atoms with Gasteiger partial charge in [-0.05, 0) is 42.4 Å². The molecule has 0 unspecified atom stereocenters. The SMILES string of the molecule is CCNC(C)(C)C(=O)Nc1cc(F)c(Br)cc1F. The second-order valence-electron chi connectivity index (χ2n) is 4.36. The van der Waals surface area contributed by atoms with Gasteiger partial charge in [-0.1, -0.05) is 6.92 Å². The number of likely N-dealkylation sites (N-methyl/N-ethyl adjacent to an activating group) is 1. The van der Waals surface area contributed by atoms with Crippen LogP contribution in [0.5, 0.6) is 0 Å². The van der Waals surface area contributed by atoms with Gasteiger partial charge in [0.2, 0.25) is 5.91 Å². The molecule has 0 aliphatic heterocycles. The van der Waals surface area contributed by atoms with Gasteiger partial charge in [0.05, 0.1) is 15.7 Å². The summed E-state index contributed by atoms with van der Waals surface area (Å²) in [4.78, 5) is 11.9. The molecular weight excluding hydrogens is 306 g/mol. The Morgan fingerprint density at radius 2 is 1.94 bits per heavy atom. The van der Waals surface area contributed by atoms with E-state index < -0.39 is 23.1 Å². The van der Waals surface area contributed by atoms with Gasteiger partial charge in [0, 0.05) is 6.07 Å². The number of halogens is 3. The zero-order chi connectivity index (χ0) is 13.9. The van der Waals surface area contributed by atoms with Crippen molar-refractivity contribution < 1.29 is 13.6 Å². The van der Waals surface area contributed by atoms with Gasteiger partial charge in [-0.25, -0.2) is 8.78 Å². The van der Waals surface area contributed by atoms with Crippen LogP contribution >= 0.6 is 15.9 Å². The minimum Gasteiger partial charge on any atom is -0.322 e. The van der Waals surface area contributed by atoms with Crippen LogP contribution in [0.4, 0.5) is 14.5 Å². The van der Waals surface area contributed by atoms with Gasteiger partial charge in [0.25, 0.3) is 0 Å². The molecular formula is C12H15BrF2N2O. The predicted octanol–water partition coefficient (Wildman–Crippen LogP) is 3.05. The van der Waals surface area contributed by atoms with E-state index in [1.165, 1.54) is 0 Å². The molecule has 1 aromatic rings. The summed E-state index contributed by atoms with van der Waals surface area (Å²) in [6.45, 7) is 5.78. The van der Waals surface area contributed by atoms with E-state index in [1.807, 2.05) is 6.92 Å². The zero-order valence-electron chi connectivity index (χ0n) is 10.4. The molecule has 0 radical (unpaired) electrons. The van der Waals surface area contributed by atoms with Crippen LogP contribution in [-0.4, -0.2) is 18.0 Å². The van der Waals surface area contributed by atoms with E-state index in [-0.39, 0.29) is 10.2 Å². The van der Waals surface area contributed by atoms with Crippen LogP contribution in [0.15, 0.2) is 16.6 Å². The molecule has 0 spiro atoms. The molecule has 0 aromatic heterocycles. The lowest BCUT2D eigenvalue weighted by molar-refractivity contribution is -0.121. The maximum absolute atomic E-state index is 13.5. The van der Waals surface area contributed by atoms with E-state index in [0.717, 1.165) is 12.1 Å². The summed E-state index contributed by atoms with van der Waals surface area (Å²) in [6.07, 6.45) is 0. The van der Waals surface area contributed by atoms with Crippen LogP contribution < -0.4 is 10.6 Å². The molecule has 18 heavy (non-hydrogen) atoms. The number of benzene rings is 1. The highest BCUT2D eigenvalue weighted by Crippen LogP contribution is 2.24. The fraction of sp³-hybridized carbons (Fsp3) is 0.417. The summed E-state index contributed by atoms with van der Waals surface area (Å²) >= 11 is 2.87. The topological polar surface area (TPSA) is 41.1 Å². The highest BCUT2D eigenvalue weighted by Gasteiger charge is 2.27. The van der Waals surface area contributed by atoms with Gasteiger partial charge >= 0.3 is 0 Å². The van der Waals surface area contributed by atoms with Gasteiger partial charge in [0.1, 0.15) is 11.6 Å². The van der Waals surface area contributed by atoms with Crippen molar-refractivity contribution in [1.82, 2.24) is 5.32 Å². The summed E-state index contributed by atoms with van der Waals surface area (Å²) in [5, 5.41) is 5.32. The number of hydrogen-bond acceptors (Lipinski definition) is 2. The predicted molar refractivity (Wildman–Crippen MR) is 70.4 cm³/mol. The van der Waals surface area contributed by atoms with Crippen molar-refractivity contribution in [1.29, 1.82) is 0 Å². The highest BCUT2D eigenvalue weighted by molar-refractivity contribution is 9.10. The Labute approximate surface area is 113 Å². The Morgan fingerprint density at radius 1 is 1.33 bits per heavy atom. The molecule has 6 heteroatoms. The Balaban J connectivity index is 2.92. The number of nitrogens with one attached hydrogen (secondary N) is 2. The summed E-state index contributed by atoms with van der Waals surface area (Å²) in [7, 11) is 0. The van der Waals surface area contributed by atoms with Crippen LogP contribution in [0, 0.1) is 11.6 Å². The first kappa shape index (κ1) is 15.0. The Bertz CT molecular complexity index is 464. The van der Waals surface area contributed by atoms with Crippen LogP contribution in [-0.2, 0) is 4.79 Å². The Kier molecular flexibility index (Phi) is 4.81. The Hall–Kier alpha value is -1.01. The number of anilines is 1. The number of rotatable bonds is 4. The molecule has 2 N–H and O–H groups in total. The van der Waals surface area contributed by atoms with Crippen LogP contribution in [0.25, 0.3) is 0 Å². The normalized spacial score (nSPS) is 11.4. The molecule has 3 nitrogen and oxygen atoms in total. The van der Waals surface area contributed by atoms with E-state index in [2.05, 4.69) is 26.6 Å². The van der Waals surface area contributed by atoms with Crippen LogP contribution in [0.3, 0.4) is 0 Å². The van der Waals surface area contributed by atoms with Gasteiger partial charge in [-0.2, -0.15) is 0 Å². The second kappa shape index (κ2) is 5.75. The molecule has 0 saturated carbocycles. The van der Waals surface area contributed by atoms with Gasteiger partial charge in [-0.15, -0.1) is 0 Å². The van der Waals surface area contributed by atoms with Crippen molar-refractivity contribution in [2.75, 3.05) is 11.9 Å². The van der Waals surface area contributed by atoms with Crippen molar-refractivity contribution in [3.63, 3.8) is 0 Å². The summed E-state index contributed by atoms with van der Waals surface area (Å²) in [5.41, 5.74) is -1.03. The molecule has 1 amide bonds. The Morgan fingerprint density at radius 3 is 2.50 bits per heavy atom. The monoisotopic (exact) mass is 320 g/mol. The first-order chi connectivity index (χ1) is 8.27. The highest BCUT2D eigenvalue weighted by atomic mass is 79.9. The maximum atomic E-state index is 13.5. The average Bonchev–Trinajstić information content (AvgIpc) is 2.25. The van der Waals surface area contributed by atoms with E-state index in [0.29, 0.717) is 6.54 Å². The van der Waals surface area contributed by atoms with E-state index in [4.69, 9.17) is 0 Å². The molecule has 0 saturated heterocycles. The van der Waals surface area contributed by atoms with Gasteiger partial charge in [-0.3, -0.25) is 4.79 Å². The second-order valence-corrected chi connectivity index (χ2v) is 5.21. The van der Waals surface area contributed by atoms with Crippen molar-refractivity contribution in [3.05, 3.63) is 28.2 Å². The molecule has 0 bridgehead atoms. The molecule has 0 atom stereocenters. The lowest BCUT2D eigenvalue weighted by Crippen LogP contribution is -2.49. The zero-order valence-corrected chi connectivity index (χ0v) is 12.0. The number of carbonyl (C=O) groups excluding carboxylic acids is 1. The van der Waals surface area contributed by atoms with E-state index in [9.17, 15) is 13.6 Å². The fourth-order valence-electron chi connectivity index (χ4n) is 1.42. The quantitative estimate of drug-likeness (QED) is 0.837. The molecule has 1 rings (SSSR count). The lowest BCUT2D eigenvalue weighted by atomic mass is 10.0. The van der Waals surface area contributed by atoms with Crippen LogP contribution in [0.1, 0.15) is 20.8 Å². The minimum absolute atomic E-state index is 0.0175. The first-order valence-electron chi connectivity index (χ1n) is 5.49. The molecule has 0 heterocycles. The molecule has 100 valence electrons. The van der Waals surface area contributed by atoms with Crippen molar-refractivity contribution in [3.8, 4) is 0 Å². The summed E-state index contributed by atoms with van der Waals surface area (Å²) in [5.74, 6) is -1.75. The molecule has 1 aromatic carbocycles. The smallest absolute Gasteiger partial charge is 0.244 e. The third-order valence-electron chi connectivity index (χ3n) is 2.44. The van der Waals surface area contributed by atoms with Crippen LogP contribution in [0.2, 0.25) is 0 Å². The summed E-state index contributed by atoms with van der Waals surface area (Å²) < 4.78 is 26.8. The average molecular weight is 321 g/mol. The van der Waals surface area contributed by atoms with Gasteiger partial charge < -0.3 is 10.6 Å². The first-order valence-corrected chi connectivity index (χ1v) is 6.28. The fourth-order valence-corrected chi connectivity index (χ4v) is 1.73. The standard InChI is InChI=1S/C12H15BrF2N2O/c1-4-16-12(2,3)11(18)17-10-6-8(14)7(13)5-9(10)15/h5-6,16H,4H2,1-3H3,(H,17,18). The third-order valence-corrected chi connectivity index (χ3v) is 3.05. The molecule has 0 aliphatic carbocycles. The number of hydrogen-bond donors (Lipinski definition) is 2. The lowest BCUT2D eigenvalue weighted by Gasteiger charge is -2.24. The third kappa shape index (κ3) is 3.49. The minimum atomic E-state index is -0.856. The number of carbonyl (C=O) groups is 1. The maximum Gasteiger partial charge on any atom is 0.244 e. The van der Waals surface area contributed by atoms with Crippen molar-refractivity contribution in [2.45, 2.75) is 26.3 Å². The summed E-state index contributed by atoms with van der Waals surface area (Å²) in [6, 6.07) is 1.92. The van der Waals surface area contributed by atoms with E-state index in [1.54, 1.807) is 13.8 Å². The van der Waals surface area contributed by atoms with Gasteiger partial charge in [0.15, 0.2) is 0 Å². The number of amides is 1. The van der Waals surface area contributed by atoms with Crippen molar-refractivity contribution in [2.24, 2.45) is 0 Å². The largest absolute Gasteiger partial charge is 0.322 e. The van der Waals surface area contributed by atoms with E-state index >= 15 is 0 Å². The molecule has 0 aliphatic rings. The van der Waals surface area contributed by atoms with Crippen molar-refractivity contribution >= 4 is 27.5 Å².